The largest absolute Gasteiger partial charge is 0.505 e. The van der Waals surface area contributed by atoms with Crippen molar-refractivity contribution in [3.8, 4) is 0 Å². The van der Waals surface area contributed by atoms with E-state index in [2.05, 4.69) is 101 Å². The Morgan fingerprint density at radius 1 is 0.929 bits per heavy atom. The molecule has 0 fully saturated rings. The van der Waals surface area contributed by atoms with Gasteiger partial charge < -0.3 is 9.16 Å². The molecule has 28 heavy (non-hydrogen) atoms. The fraction of sp³-hybridized carbons (Fsp3) is 0.360. The van der Waals surface area contributed by atoms with Crippen LogP contribution in [0.2, 0.25) is 5.04 Å². The maximum atomic E-state index is 6.88. The highest BCUT2D eigenvalue weighted by molar-refractivity contribution is 6.99. The molecule has 0 amide bonds. The fourth-order valence-corrected chi connectivity index (χ4v) is 8.14. The zero-order valence-electron chi connectivity index (χ0n) is 17.9. The van der Waals surface area contributed by atoms with Crippen LogP contribution in [0, 0.1) is 0 Å². The second kappa shape index (κ2) is 10.4. The summed E-state index contributed by atoms with van der Waals surface area (Å²) < 4.78 is 11.8. The molecule has 0 saturated carbocycles. The molecular formula is C25H34O2Si. The Labute approximate surface area is 172 Å². The normalized spacial score (nSPS) is 13.1. The molecule has 0 heterocycles. The van der Waals surface area contributed by atoms with Crippen molar-refractivity contribution in [3.05, 3.63) is 84.7 Å². The molecule has 0 N–H and O–H groups in total. The summed E-state index contributed by atoms with van der Waals surface area (Å²) in [4.78, 5) is 0. The van der Waals surface area contributed by atoms with Gasteiger partial charge in [-0.1, -0.05) is 93.1 Å². The smallest absolute Gasteiger partial charge is 0.261 e. The van der Waals surface area contributed by atoms with Crippen molar-refractivity contribution in [2.24, 2.45) is 0 Å². The molecule has 0 radical (unpaired) electrons. The standard InChI is InChI=1S/C25H34O2Si/c1-22(14-12-13-20-26-5)19-21-27-28(25(2,3)4,23-15-8-6-9-16-23)24-17-10-7-11-18-24/h6-11,13,15-20H,12,14,21H2,1-5H3/b20-13-,22-19+. The summed E-state index contributed by atoms with van der Waals surface area (Å²) >= 11 is 0. The Bertz CT molecular complexity index is 719. The van der Waals surface area contributed by atoms with E-state index in [9.17, 15) is 0 Å². The number of benzene rings is 2. The third-order valence-corrected chi connectivity index (χ3v) is 10.1. The first-order valence-corrected chi connectivity index (χ1v) is 11.9. The zero-order chi connectivity index (χ0) is 20.5. The molecule has 2 rings (SSSR count). The topological polar surface area (TPSA) is 18.5 Å². The monoisotopic (exact) mass is 394 g/mol. The van der Waals surface area contributed by atoms with E-state index in [4.69, 9.17) is 9.16 Å². The number of rotatable bonds is 9. The van der Waals surface area contributed by atoms with Gasteiger partial charge in [0.25, 0.3) is 8.32 Å². The van der Waals surface area contributed by atoms with Crippen LogP contribution in [0.25, 0.3) is 0 Å². The highest BCUT2D eigenvalue weighted by atomic mass is 28.4. The molecule has 2 aromatic carbocycles. The van der Waals surface area contributed by atoms with E-state index in [-0.39, 0.29) is 5.04 Å². The molecule has 0 aromatic heterocycles. The number of ether oxygens (including phenoxy) is 1. The van der Waals surface area contributed by atoms with Crippen molar-refractivity contribution in [3.63, 3.8) is 0 Å². The average molecular weight is 395 g/mol. The van der Waals surface area contributed by atoms with Gasteiger partial charge in [-0.25, -0.2) is 0 Å². The van der Waals surface area contributed by atoms with Crippen LogP contribution in [0.4, 0.5) is 0 Å². The molecule has 0 aliphatic carbocycles. The van der Waals surface area contributed by atoms with Gasteiger partial charge in [-0.15, -0.1) is 0 Å². The predicted octanol–water partition coefficient (Wildman–Crippen LogP) is 5.45. The van der Waals surface area contributed by atoms with Gasteiger partial charge >= 0.3 is 0 Å². The first kappa shape index (κ1) is 22.2. The van der Waals surface area contributed by atoms with Gasteiger partial charge in [-0.3, -0.25) is 0 Å². The first-order valence-electron chi connectivity index (χ1n) is 10.0. The highest BCUT2D eigenvalue weighted by Gasteiger charge is 2.49. The van der Waals surface area contributed by atoms with Gasteiger partial charge in [0, 0.05) is 0 Å². The number of allylic oxidation sites excluding steroid dienone is 2. The summed E-state index contributed by atoms with van der Waals surface area (Å²) in [7, 11) is -0.761. The van der Waals surface area contributed by atoms with Gasteiger partial charge in [-0.2, -0.15) is 0 Å². The summed E-state index contributed by atoms with van der Waals surface area (Å²) in [5, 5.41) is 2.66. The van der Waals surface area contributed by atoms with Crippen molar-refractivity contribution in [1.29, 1.82) is 0 Å². The number of methoxy groups -OCH3 is 1. The molecule has 2 nitrogen and oxygen atoms in total. The first-order chi connectivity index (χ1) is 13.4. The maximum absolute atomic E-state index is 6.88. The molecule has 0 aliphatic rings. The van der Waals surface area contributed by atoms with Crippen LogP contribution >= 0.6 is 0 Å². The van der Waals surface area contributed by atoms with Gasteiger partial charge in [0.1, 0.15) is 0 Å². The summed E-state index contributed by atoms with van der Waals surface area (Å²) in [6.45, 7) is 9.74. The molecular weight excluding hydrogens is 360 g/mol. The minimum absolute atomic E-state index is 0.0126. The summed E-state index contributed by atoms with van der Waals surface area (Å²) in [5.74, 6) is 0. The quantitative estimate of drug-likeness (QED) is 0.320. The van der Waals surface area contributed by atoms with Gasteiger partial charge in [-0.05, 0) is 41.3 Å². The van der Waals surface area contributed by atoms with Crippen molar-refractivity contribution >= 4 is 18.7 Å². The fourth-order valence-electron chi connectivity index (χ4n) is 3.65. The van der Waals surface area contributed by atoms with E-state index in [1.165, 1.54) is 15.9 Å². The summed E-state index contributed by atoms with van der Waals surface area (Å²) in [5.41, 5.74) is 1.35. The molecule has 0 spiro atoms. The number of hydrogen-bond donors (Lipinski definition) is 0. The lowest BCUT2D eigenvalue weighted by molar-refractivity contribution is 0.336. The Balaban J connectivity index is 2.33. The highest BCUT2D eigenvalue weighted by Crippen LogP contribution is 2.36. The van der Waals surface area contributed by atoms with Crippen molar-refractivity contribution in [1.82, 2.24) is 0 Å². The van der Waals surface area contributed by atoms with Crippen molar-refractivity contribution in [2.45, 2.75) is 45.6 Å². The predicted molar refractivity (Wildman–Crippen MR) is 123 cm³/mol. The van der Waals surface area contributed by atoms with Crippen LogP contribution in [0.5, 0.6) is 0 Å². The molecule has 150 valence electrons. The van der Waals surface area contributed by atoms with Gasteiger partial charge in [0.2, 0.25) is 0 Å². The lowest BCUT2D eigenvalue weighted by atomic mass is 10.1. The minimum atomic E-state index is -2.44. The maximum Gasteiger partial charge on any atom is 0.261 e. The van der Waals surface area contributed by atoms with Crippen molar-refractivity contribution in [2.75, 3.05) is 13.7 Å². The van der Waals surface area contributed by atoms with Crippen molar-refractivity contribution < 1.29 is 9.16 Å². The van der Waals surface area contributed by atoms with E-state index in [1.54, 1.807) is 13.4 Å². The third-order valence-electron chi connectivity index (χ3n) is 5.09. The molecule has 0 aliphatic heterocycles. The SMILES string of the molecule is CO/C=C\CC/C(C)=C/CO[Si](c1ccccc1)(c1ccccc1)C(C)(C)C. The lowest BCUT2D eigenvalue weighted by Gasteiger charge is -2.42. The van der Waals surface area contributed by atoms with Crippen LogP contribution in [0.3, 0.4) is 0 Å². The van der Waals surface area contributed by atoms with Gasteiger partial charge in [0.05, 0.1) is 20.0 Å². The van der Waals surface area contributed by atoms with E-state index in [0.29, 0.717) is 6.61 Å². The Hall–Kier alpha value is -2.10. The molecule has 3 heteroatoms. The van der Waals surface area contributed by atoms with Crippen LogP contribution in [-0.2, 0) is 9.16 Å². The molecule has 0 atom stereocenters. The van der Waals surface area contributed by atoms with E-state index < -0.39 is 8.32 Å². The minimum Gasteiger partial charge on any atom is -0.505 e. The second-order valence-corrected chi connectivity index (χ2v) is 12.5. The number of hydrogen-bond acceptors (Lipinski definition) is 2. The Kier molecular flexibility index (Phi) is 8.28. The van der Waals surface area contributed by atoms with Crippen LogP contribution in [0.15, 0.2) is 84.7 Å². The average Bonchev–Trinajstić information content (AvgIpc) is 2.69. The van der Waals surface area contributed by atoms with Crippen LogP contribution in [0.1, 0.15) is 40.5 Å². The van der Waals surface area contributed by atoms with Gasteiger partial charge in [0.15, 0.2) is 0 Å². The third kappa shape index (κ3) is 5.46. The summed E-state index contributed by atoms with van der Waals surface area (Å²) in [6, 6.07) is 21.6. The molecule has 2 aromatic rings. The Morgan fingerprint density at radius 2 is 1.46 bits per heavy atom. The van der Waals surface area contributed by atoms with E-state index in [0.717, 1.165) is 12.8 Å². The Morgan fingerprint density at radius 3 is 1.93 bits per heavy atom. The van der Waals surface area contributed by atoms with E-state index in [1.807, 2.05) is 0 Å². The second-order valence-electron chi connectivity index (χ2n) is 8.17. The molecule has 0 bridgehead atoms. The zero-order valence-corrected chi connectivity index (χ0v) is 18.9. The lowest BCUT2D eigenvalue weighted by Crippen LogP contribution is -2.66. The van der Waals surface area contributed by atoms with E-state index >= 15 is 0 Å². The molecule has 0 saturated heterocycles. The molecule has 0 unspecified atom stereocenters. The van der Waals surface area contributed by atoms with Crippen LogP contribution < -0.4 is 10.4 Å². The summed E-state index contributed by atoms with van der Waals surface area (Å²) in [6.07, 6.45) is 8.03. The van der Waals surface area contributed by atoms with Crippen LogP contribution in [-0.4, -0.2) is 22.0 Å².